The lowest BCUT2D eigenvalue weighted by molar-refractivity contribution is -0.0286. The Hall–Kier alpha value is -1.66. The number of likely N-dealkylation sites (N-methyl/N-ethyl adjacent to an activating group) is 1. The van der Waals surface area contributed by atoms with Gasteiger partial charge < -0.3 is 19.9 Å². The number of amides is 1. The van der Waals surface area contributed by atoms with E-state index in [1.165, 1.54) is 6.07 Å². The highest BCUT2D eigenvalue weighted by Gasteiger charge is 2.41. The topological polar surface area (TPSA) is 76.6 Å². The molecule has 0 aliphatic carbocycles. The van der Waals surface area contributed by atoms with Gasteiger partial charge in [-0.25, -0.2) is 0 Å². The SMILES string of the molecule is CCc1[nH]c(=O)ccc1C(=O)N1CCC2(CC1)CC(O)CN(C)C2. The van der Waals surface area contributed by atoms with Crippen LogP contribution in [0.1, 0.15) is 42.2 Å². The monoisotopic (exact) mass is 333 g/mol. The van der Waals surface area contributed by atoms with Gasteiger partial charge in [-0.2, -0.15) is 0 Å². The van der Waals surface area contributed by atoms with Crippen LogP contribution in [-0.4, -0.2) is 65.1 Å². The number of aliphatic hydroxyl groups is 1. The maximum Gasteiger partial charge on any atom is 0.255 e. The van der Waals surface area contributed by atoms with E-state index in [9.17, 15) is 14.7 Å². The molecule has 1 spiro atoms. The highest BCUT2D eigenvalue weighted by Crippen LogP contribution is 2.39. The number of pyridine rings is 1. The Balaban J connectivity index is 1.71. The number of aryl methyl sites for hydroxylation is 1. The molecule has 0 saturated carbocycles. The Kier molecular flexibility index (Phi) is 4.78. The van der Waals surface area contributed by atoms with Crippen molar-refractivity contribution in [2.45, 2.75) is 38.7 Å². The number of aromatic amines is 1. The Bertz CT molecular complexity index is 650. The van der Waals surface area contributed by atoms with Crippen LogP contribution in [-0.2, 0) is 6.42 Å². The lowest BCUT2D eigenvalue weighted by Gasteiger charge is -2.48. The number of hydrogen-bond donors (Lipinski definition) is 2. The van der Waals surface area contributed by atoms with Crippen molar-refractivity contribution in [2.24, 2.45) is 5.41 Å². The third-order valence-corrected chi connectivity index (χ3v) is 5.49. The van der Waals surface area contributed by atoms with Gasteiger partial charge in [-0.15, -0.1) is 0 Å². The molecule has 0 radical (unpaired) electrons. The van der Waals surface area contributed by atoms with Crippen molar-refractivity contribution in [3.63, 3.8) is 0 Å². The average Bonchev–Trinajstić information content (AvgIpc) is 2.53. The van der Waals surface area contributed by atoms with Crippen LogP contribution in [0, 0.1) is 5.41 Å². The Morgan fingerprint density at radius 1 is 1.38 bits per heavy atom. The van der Waals surface area contributed by atoms with Crippen molar-refractivity contribution in [1.29, 1.82) is 0 Å². The maximum absolute atomic E-state index is 12.8. The van der Waals surface area contributed by atoms with Crippen molar-refractivity contribution in [1.82, 2.24) is 14.8 Å². The van der Waals surface area contributed by atoms with Crippen molar-refractivity contribution in [3.05, 3.63) is 33.7 Å². The van der Waals surface area contributed by atoms with E-state index in [1.807, 2.05) is 11.8 Å². The zero-order chi connectivity index (χ0) is 17.3. The van der Waals surface area contributed by atoms with E-state index in [1.54, 1.807) is 6.07 Å². The molecule has 1 aromatic heterocycles. The van der Waals surface area contributed by atoms with Gasteiger partial charge in [0.15, 0.2) is 0 Å². The van der Waals surface area contributed by atoms with Gasteiger partial charge in [0.2, 0.25) is 5.56 Å². The molecule has 0 aromatic carbocycles. The van der Waals surface area contributed by atoms with Gasteiger partial charge in [0.1, 0.15) is 0 Å². The molecule has 1 unspecified atom stereocenters. The molecule has 2 aliphatic heterocycles. The molecule has 132 valence electrons. The number of nitrogens with one attached hydrogen (secondary N) is 1. The minimum absolute atomic E-state index is 0.00247. The zero-order valence-electron chi connectivity index (χ0n) is 14.5. The van der Waals surface area contributed by atoms with Crippen LogP contribution in [0.2, 0.25) is 0 Å². The number of rotatable bonds is 2. The zero-order valence-corrected chi connectivity index (χ0v) is 14.5. The van der Waals surface area contributed by atoms with Crippen LogP contribution in [0.15, 0.2) is 16.9 Å². The standard InChI is InChI=1S/C18H27N3O3/c1-3-15-14(4-5-16(23)19-15)17(24)21-8-6-18(7-9-21)10-13(22)11-20(2)12-18/h4-5,13,22H,3,6-12H2,1-2H3,(H,19,23). The van der Waals surface area contributed by atoms with E-state index in [-0.39, 0.29) is 23.0 Å². The summed E-state index contributed by atoms with van der Waals surface area (Å²) in [6.07, 6.45) is 3.04. The summed E-state index contributed by atoms with van der Waals surface area (Å²) in [6.45, 7) is 5.09. The van der Waals surface area contributed by atoms with Crippen molar-refractivity contribution in [3.8, 4) is 0 Å². The first kappa shape index (κ1) is 17.2. The van der Waals surface area contributed by atoms with E-state index >= 15 is 0 Å². The van der Waals surface area contributed by atoms with Gasteiger partial charge in [-0.05, 0) is 44.2 Å². The molecule has 3 rings (SSSR count). The van der Waals surface area contributed by atoms with Gasteiger partial charge >= 0.3 is 0 Å². The van der Waals surface area contributed by atoms with Gasteiger partial charge in [0.05, 0.1) is 11.7 Å². The second kappa shape index (κ2) is 6.69. The molecule has 1 amide bonds. The van der Waals surface area contributed by atoms with Crippen LogP contribution in [0.3, 0.4) is 0 Å². The van der Waals surface area contributed by atoms with Gasteiger partial charge in [-0.1, -0.05) is 6.92 Å². The fourth-order valence-electron chi connectivity index (χ4n) is 4.34. The lowest BCUT2D eigenvalue weighted by Crippen LogP contribution is -2.53. The molecule has 2 fully saturated rings. The van der Waals surface area contributed by atoms with Gasteiger partial charge in [0.25, 0.3) is 5.91 Å². The van der Waals surface area contributed by atoms with Gasteiger partial charge in [-0.3, -0.25) is 9.59 Å². The van der Waals surface area contributed by atoms with Crippen LogP contribution < -0.4 is 5.56 Å². The summed E-state index contributed by atoms with van der Waals surface area (Å²) >= 11 is 0. The second-order valence-electron chi connectivity index (χ2n) is 7.42. The molecule has 24 heavy (non-hydrogen) atoms. The first-order valence-electron chi connectivity index (χ1n) is 8.80. The number of piperidine rings is 2. The summed E-state index contributed by atoms with van der Waals surface area (Å²) in [4.78, 5) is 31.1. The number of carbonyl (C=O) groups is 1. The smallest absolute Gasteiger partial charge is 0.255 e. The molecule has 2 aliphatic rings. The molecule has 6 nitrogen and oxygen atoms in total. The number of likely N-dealkylation sites (tertiary alicyclic amines) is 2. The predicted molar refractivity (Wildman–Crippen MR) is 92.1 cm³/mol. The second-order valence-corrected chi connectivity index (χ2v) is 7.42. The van der Waals surface area contributed by atoms with Crippen LogP contribution in [0.4, 0.5) is 0 Å². The van der Waals surface area contributed by atoms with E-state index in [0.29, 0.717) is 30.8 Å². The predicted octanol–water partition coefficient (Wildman–Crippen LogP) is 0.856. The quantitative estimate of drug-likeness (QED) is 0.841. The number of nitrogens with zero attached hydrogens (tertiary/aromatic N) is 2. The first-order valence-corrected chi connectivity index (χ1v) is 8.80. The highest BCUT2D eigenvalue weighted by atomic mass is 16.3. The average molecular weight is 333 g/mol. The number of aromatic nitrogens is 1. The van der Waals surface area contributed by atoms with Crippen molar-refractivity contribution < 1.29 is 9.90 Å². The molecule has 3 heterocycles. The normalized spacial score (nSPS) is 24.3. The molecule has 1 aromatic rings. The number of aliphatic hydroxyl groups excluding tert-OH is 1. The molecule has 0 bridgehead atoms. The van der Waals surface area contributed by atoms with Gasteiger partial charge in [0, 0.05) is 37.9 Å². The molecule has 2 N–H and O–H groups in total. The van der Waals surface area contributed by atoms with Crippen LogP contribution in [0.25, 0.3) is 0 Å². The highest BCUT2D eigenvalue weighted by molar-refractivity contribution is 5.95. The molecule has 1 atom stereocenters. The number of β-amino-alcohol motifs (C(OH)–C–C–N with tert-alkyl or cyclic N) is 1. The first-order chi connectivity index (χ1) is 11.4. The fourth-order valence-corrected chi connectivity index (χ4v) is 4.34. The maximum atomic E-state index is 12.8. The fraction of sp³-hybridized carbons (Fsp3) is 0.667. The summed E-state index contributed by atoms with van der Waals surface area (Å²) in [5.41, 5.74) is 1.27. The number of carbonyl (C=O) groups excluding carboxylic acids is 1. The van der Waals surface area contributed by atoms with E-state index in [0.717, 1.165) is 32.4 Å². The summed E-state index contributed by atoms with van der Waals surface area (Å²) in [5.74, 6) is 0.00247. The largest absolute Gasteiger partial charge is 0.392 e. The van der Waals surface area contributed by atoms with Crippen LogP contribution in [0.5, 0.6) is 0 Å². The summed E-state index contributed by atoms with van der Waals surface area (Å²) in [7, 11) is 2.05. The van der Waals surface area contributed by atoms with E-state index in [4.69, 9.17) is 0 Å². The lowest BCUT2D eigenvalue weighted by atomic mass is 9.71. The summed E-state index contributed by atoms with van der Waals surface area (Å²) < 4.78 is 0. The Morgan fingerprint density at radius 2 is 2.08 bits per heavy atom. The molecular weight excluding hydrogens is 306 g/mol. The Labute approximate surface area is 142 Å². The van der Waals surface area contributed by atoms with E-state index < -0.39 is 0 Å². The summed E-state index contributed by atoms with van der Waals surface area (Å²) in [6, 6.07) is 3.06. The number of hydrogen-bond acceptors (Lipinski definition) is 4. The molecule has 2 saturated heterocycles. The third-order valence-electron chi connectivity index (χ3n) is 5.49. The molecule has 6 heteroatoms. The van der Waals surface area contributed by atoms with Crippen LogP contribution >= 0.6 is 0 Å². The minimum Gasteiger partial charge on any atom is -0.392 e. The third kappa shape index (κ3) is 3.39. The molecular formula is C18H27N3O3. The minimum atomic E-state index is -0.267. The number of H-pyrrole nitrogens is 1. The van der Waals surface area contributed by atoms with Crippen molar-refractivity contribution >= 4 is 5.91 Å². The van der Waals surface area contributed by atoms with Crippen molar-refractivity contribution in [2.75, 3.05) is 33.2 Å². The van der Waals surface area contributed by atoms with E-state index in [2.05, 4.69) is 16.9 Å². The Morgan fingerprint density at radius 3 is 2.71 bits per heavy atom. The summed E-state index contributed by atoms with van der Waals surface area (Å²) in [5, 5.41) is 10.1.